The first kappa shape index (κ1) is 18.5. The van der Waals surface area contributed by atoms with E-state index in [1.54, 1.807) is 0 Å². The van der Waals surface area contributed by atoms with Crippen LogP contribution < -0.4 is 10.7 Å². The fourth-order valence-corrected chi connectivity index (χ4v) is 3.05. The first-order chi connectivity index (χ1) is 12.3. The number of aromatic nitrogens is 2. The van der Waals surface area contributed by atoms with Crippen LogP contribution in [0.2, 0.25) is 0 Å². The summed E-state index contributed by atoms with van der Waals surface area (Å²) in [5.74, 6) is -0.228. The van der Waals surface area contributed by atoms with E-state index >= 15 is 0 Å². The molecule has 1 aliphatic heterocycles. The van der Waals surface area contributed by atoms with Crippen molar-refractivity contribution in [3.63, 3.8) is 0 Å². The van der Waals surface area contributed by atoms with Crippen molar-refractivity contribution >= 4 is 17.8 Å². The Bertz CT molecular complexity index is 686. The molecule has 144 valence electrons. The predicted octanol–water partition coefficient (Wildman–Crippen LogP) is 1.55. The Morgan fingerprint density at radius 3 is 2.77 bits per heavy atom. The number of ether oxygens (including phenoxy) is 1. The lowest BCUT2D eigenvalue weighted by Crippen LogP contribution is -2.54. The van der Waals surface area contributed by atoms with Gasteiger partial charge in [-0.05, 0) is 12.8 Å². The number of nitrogens with one attached hydrogen (secondary N) is 2. The number of carbonyl (C=O) groups excluding carboxylic acids is 2. The maximum Gasteiger partial charge on any atom is 0.522 e. The van der Waals surface area contributed by atoms with Crippen molar-refractivity contribution in [2.75, 3.05) is 25.6 Å². The quantitative estimate of drug-likeness (QED) is 0.810. The minimum Gasteiger partial charge on any atom is -0.348 e. The van der Waals surface area contributed by atoms with E-state index in [2.05, 4.69) is 20.5 Å². The first-order valence-corrected chi connectivity index (χ1v) is 8.17. The van der Waals surface area contributed by atoms with E-state index in [1.165, 1.54) is 18.5 Å². The zero-order valence-electron chi connectivity index (χ0n) is 14.0. The molecule has 1 saturated carbocycles. The van der Waals surface area contributed by atoms with Crippen LogP contribution in [0.15, 0.2) is 6.33 Å². The molecule has 0 bridgehead atoms. The van der Waals surface area contributed by atoms with Gasteiger partial charge in [-0.1, -0.05) is 12.8 Å². The number of amides is 2. The van der Waals surface area contributed by atoms with Crippen LogP contribution in [0.4, 0.5) is 23.8 Å². The van der Waals surface area contributed by atoms with Gasteiger partial charge < -0.3 is 5.32 Å². The number of fused-ring (bicyclic) bond motifs is 1. The highest BCUT2D eigenvalue weighted by molar-refractivity contribution is 5.99. The molecule has 0 atom stereocenters. The number of anilines is 1. The van der Waals surface area contributed by atoms with E-state index in [4.69, 9.17) is 0 Å². The van der Waals surface area contributed by atoms with Gasteiger partial charge in [0.15, 0.2) is 11.5 Å². The average molecular weight is 376 g/mol. The SMILES string of the molecule is CN1Nc2c(C(=O)NC3CCCC3)ncn2C(=O)N1CCOC(F)(F)F. The number of imidazole rings is 1. The molecule has 12 heteroatoms. The molecule has 0 unspecified atom stereocenters. The van der Waals surface area contributed by atoms with Crippen LogP contribution in [0.25, 0.3) is 0 Å². The summed E-state index contributed by atoms with van der Waals surface area (Å²) in [5.41, 5.74) is 2.84. The van der Waals surface area contributed by atoms with Crippen LogP contribution in [-0.4, -0.2) is 64.2 Å². The average Bonchev–Trinajstić information content (AvgIpc) is 3.18. The summed E-state index contributed by atoms with van der Waals surface area (Å²) in [6.45, 7) is -1.05. The number of nitrogens with zero attached hydrogens (tertiary/aromatic N) is 4. The molecule has 0 aromatic carbocycles. The lowest BCUT2D eigenvalue weighted by molar-refractivity contribution is -0.325. The van der Waals surface area contributed by atoms with Crippen molar-refractivity contribution < 1.29 is 27.5 Å². The molecule has 2 aliphatic rings. The summed E-state index contributed by atoms with van der Waals surface area (Å²) < 4.78 is 41.0. The van der Waals surface area contributed by atoms with Crippen LogP contribution in [-0.2, 0) is 4.74 Å². The van der Waals surface area contributed by atoms with Gasteiger partial charge >= 0.3 is 12.4 Å². The maximum absolute atomic E-state index is 12.5. The third kappa shape index (κ3) is 3.90. The second-order valence-corrected chi connectivity index (χ2v) is 6.10. The Morgan fingerprint density at radius 2 is 2.12 bits per heavy atom. The molecule has 3 rings (SSSR count). The maximum atomic E-state index is 12.5. The van der Waals surface area contributed by atoms with Gasteiger partial charge in [0.25, 0.3) is 5.91 Å². The Morgan fingerprint density at radius 1 is 1.42 bits per heavy atom. The van der Waals surface area contributed by atoms with Crippen molar-refractivity contribution in [1.82, 2.24) is 25.0 Å². The van der Waals surface area contributed by atoms with Crippen LogP contribution >= 0.6 is 0 Å². The van der Waals surface area contributed by atoms with Gasteiger partial charge in [0.05, 0.1) is 13.2 Å². The van der Waals surface area contributed by atoms with E-state index in [0.29, 0.717) is 0 Å². The smallest absolute Gasteiger partial charge is 0.348 e. The molecule has 2 N–H and O–H groups in total. The minimum atomic E-state index is -4.77. The summed E-state index contributed by atoms with van der Waals surface area (Å²) >= 11 is 0. The second-order valence-electron chi connectivity index (χ2n) is 6.10. The van der Waals surface area contributed by atoms with Gasteiger partial charge in [-0.2, -0.15) is 0 Å². The molecule has 1 fully saturated rings. The Kier molecular flexibility index (Phi) is 5.05. The van der Waals surface area contributed by atoms with Gasteiger partial charge in [0, 0.05) is 13.1 Å². The number of carbonyl (C=O) groups is 2. The molecular formula is C14H19F3N6O3. The van der Waals surface area contributed by atoms with Crippen LogP contribution in [0, 0.1) is 0 Å². The number of rotatable bonds is 5. The fraction of sp³-hybridized carbons (Fsp3) is 0.643. The molecule has 1 aliphatic carbocycles. The summed E-state index contributed by atoms with van der Waals surface area (Å²) in [6, 6.07) is -0.549. The molecule has 9 nitrogen and oxygen atoms in total. The van der Waals surface area contributed by atoms with Gasteiger partial charge in [-0.25, -0.2) is 19.4 Å². The number of hydrogen-bond acceptors (Lipinski definition) is 6. The Balaban J connectivity index is 1.69. The molecular weight excluding hydrogens is 357 g/mol. The molecule has 26 heavy (non-hydrogen) atoms. The van der Waals surface area contributed by atoms with Crippen molar-refractivity contribution in [3.8, 4) is 0 Å². The van der Waals surface area contributed by atoms with Gasteiger partial charge in [0.1, 0.15) is 6.33 Å². The van der Waals surface area contributed by atoms with Crippen molar-refractivity contribution in [2.24, 2.45) is 0 Å². The lowest BCUT2D eigenvalue weighted by Gasteiger charge is -2.36. The highest BCUT2D eigenvalue weighted by atomic mass is 19.4. The third-order valence-electron chi connectivity index (χ3n) is 4.30. The lowest BCUT2D eigenvalue weighted by atomic mass is 10.2. The molecule has 2 heterocycles. The van der Waals surface area contributed by atoms with Crippen LogP contribution in [0.3, 0.4) is 0 Å². The van der Waals surface area contributed by atoms with E-state index in [0.717, 1.165) is 35.3 Å². The molecule has 1 aromatic heterocycles. The highest BCUT2D eigenvalue weighted by Crippen LogP contribution is 2.24. The minimum absolute atomic E-state index is 0.0586. The number of alkyl halides is 3. The molecule has 2 amide bonds. The van der Waals surface area contributed by atoms with Crippen molar-refractivity contribution in [3.05, 3.63) is 12.0 Å². The summed E-state index contributed by atoms with van der Waals surface area (Å²) in [6.07, 6.45) is 0.318. The van der Waals surface area contributed by atoms with Gasteiger partial charge in [-0.15, -0.1) is 18.3 Å². The highest BCUT2D eigenvalue weighted by Gasteiger charge is 2.34. The Hall–Kier alpha value is -2.34. The zero-order valence-corrected chi connectivity index (χ0v) is 14.0. The molecule has 1 aromatic rings. The number of hydrazine groups is 2. The van der Waals surface area contributed by atoms with Crippen LogP contribution in [0.1, 0.15) is 36.2 Å². The van der Waals surface area contributed by atoms with E-state index in [9.17, 15) is 22.8 Å². The molecule has 0 radical (unpaired) electrons. The first-order valence-electron chi connectivity index (χ1n) is 8.17. The largest absolute Gasteiger partial charge is 0.522 e. The van der Waals surface area contributed by atoms with Crippen molar-refractivity contribution in [1.29, 1.82) is 0 Å². The van der Waals surface area contributed by atoms with E-state index in [1.807, 2.05) is 0 Å². The Labute approximate surface area is 147 Å². The van der Waals surface area contributed by atoms with E-state index in [-0.39, 0.29) is 24.1 Å². The monoisotopic (exact) mass is 376 g/mol. The summed E-state index contributed by atoms with van der Waals surface area (Å²) in [5, 5.41) is 5.09. The predicted molar refractivity (Wildman–Crippen MR) is 82.8 cm³/mol. The number of hydrogen-bond donors (Lipinski definition) is 2. The van der Waals surface area contributed by atoms with E-state index < -0.39 is 24.9 Å². The molecule has 0 saturated heterocycles. The van der Waals surface area contributed by atoms with Crippen molar-refractivity contribution in [2.45, 2.75) is 38.1 Å². The normalized spacial score (nSPS) is 18.8. The molecule has 0 spiro atoms. The van der Waals surface area contributed by atoms with Gasteiger partial charge in [-0.3, -0.25) is 15.0 Å². The van der Waals surface area contributed by atoms with Gasteiger partial charge in [0.2, 0.25) is 0 Å². The summed E-state index contributed by atoms with van der Waals surface area (Å²) in [4.78, 5) is 28.8. The third-order valence-corrected chi connectivity index (χ3v) is 4.30. The topological polar surface area (TPSA) is 91.7 Å². The summed E-state index contributed by atoms with van der Waals surface area (Å²) in [7, 11) is 1.45. The standard InChI is InChI=1S/C14H19F3N6O3/c1-21-20-11-10(12(24)19-9-4-2-3-5-9)18-8-22(11)13(25)23(21)6-7-26-14(15,16)17/h8-9,20H,2-7H2,1H3,(H,19,24). The van der Waals surface area contributed by atoms with Crippen LogP contribution in [0.5, 0.6) is 0 Å². The fourth-order valence-electron chi connectivity index (χ4n) is 3.05. The second kappa shape index (κ2) is 7.11. The zero-order chi connectivity index (χ0) is 18.9. The number of halogens is 3.